The lowest BCUT2D eigenvalue weighted by atomic mass is 9.80. The zero-order chi connectivity index (χ0) is 18.7. The first kappa shape index (κ1) is 18.3. The van der Waals surface area contributed by atoms with E-state index in [1.54, 1.807) is 12.1 Å². The van der Waals surface area contributed by atoms with Crippen LogP contribution in [0.2, 0.25) is 0 Å². The fraction of sp³-hybridized carbons (Fsp3) is 0.316. The molecule has 136 valence electrons. The van der Waals surface area contributed by atoms with Crippen LogP contribution in [0.3, 0.4) is 0 Å². The first-order valence-electron chi connectivity index (χ1n) is 8.46. The molecule has 0 saturated heterocycles. The summed E-state index contributed by atoms with van der Waals surface area (Å²) in [6.07, 6.45) is -0.444. The smallest absolute Gasteiger partial charge is 0.457 e. The monoisotopic (exact) mass is 355 g/mol. The summed E-state index contributed by atoms with van der Waals surface area (Å²) in [5.41, 5.74) is 2.13. The number of amides is 1. The van der Waals surface area contributed by atoms with Crippen molar-refractivity contribution in [3.8, 4) is 11.5 Å². The van der Waals surface area contributed by atoms with Gasteiger partial charge < -0.3 is 24.5 Å². The Hall–Kier alpha value is -2.51. The number of fused-ring (bicyclic) bond motifs is 1. The third-order valence-electron chi connectivity index (χ3n) is 3.77. The Balaban J connectivity index is 1.56. The van der Waals surface area contributed by atoms with Gasteiger partial charge in [0, 0.05) is 6.54 Å². The van der Waals surface area contributed by atoms with E-state index < -0.39 is 18.8 Å². The van der Waals surface area contributed by atoms with Crippen molar-refractivity contribution in [2.45, 2.75) is 39.5 Å². The predicted octanol–water partition coefficient (Wildman–Crippen LogP) is 2.72. The molecule has 0 atom stereocenters. The lowest BCUT2D eigenvalue weighted by Gasteiger charge is -2.19. The molecule has 0 spiro atoms. The Morgan fingerprint density at radius 1 is 1.19 bits per heavy atom. The minimum atomic E-state index is -0.851. The molecule has 0 radical (unpaired) electrons. The maximum Gasteiger partial charge on any atom is 0.491 e. The molecule has 3 rings (SSSR count). The number of carbonyl (C=O) groups is 1. The highest BCUT2D eigenvalue weighted by Crippen LogP contribution is 2.24. The lowest BCUT2D eigenvalue weighted by Crippen LogP contribution is -2.32. The van der Waals surface area contributed by atoms with Crippen LogP contribution in [0.5, 0.6) is 11.5 Å². The van der Waals surface area contributed by atoms with E-state index in [4.69, 9.17) is 14.1 Å². The van der Waals surface area contributed by atoms with Crippen LogP contribution in [0.4, 0.5) is 4.79 Å². The average Bonchev–Trinajstić information content (AvgIpc) is 2.93. The number of alkyl carbamates (subject to hydrolysis) is 1. The van der Waals surface area contributed by atoms with E-state index in [1.807, 2.05) is 51.1 Å². The molecule has 26 heavy (non-hydrogen) atoms. The molecule has 1 amide bonds. The van der Waals surface area contributed by atoms with E-state index in [9.17, 15) is 9.82 Å². The summed E-state index contributed by atoms with van der Waals surface area (Å²) in [4.78, 5) is 11.7. The standard InChI is InChI=1S/C19H22BNO5/c1-19(2,3)26-18(22)21-11-13-4-6-15(7-5-13)25-16-8-9-17-14(10-16)12-24-20(17)23/h4-10,23H,11-12H2,1-3H3,(H,21,22). The van der Waals surface area contributed by atoms with Crippen LogP contribution in [-0.2, 0) is 22.5 Å². The summed E-state index contributed by atoms with van der Waals surface area (Å²) in [6, 6.07) is 12.9. The highest BCUT2D eigenvalue weighted by molar-refractivity contribution is 6.61. The quantitative estimate of drug-likeness (QED) is 0.825. The fourth-order valence-electron chi connectivity index (χ4n) is 2.57. The third-order valence-corrected chi connectivity index (χ3v) is 3.77. The first-order valence-corrected chi connectivity index (χ1v) is 8.46. The van der Waals surface area contributed by atoms with Gasteiger partial charge in [-0.3, -0.25) is 0 Å². The maximum absolute atomic E-state index is 11.7. The Labute approximate surface area is 153 Å². The molecule has 0 unspecified atom stereocenters. The first-order chi connectivity index (χ1) is 12.3. The molecule has 0 fully saturated rings. The van der Waals surface area contributed by atoms with E-state index in [0.717, 1.165) is 16.6 Å². The second-order valence-electron chi connectivity index (χ2n) is 7.13. The van der Waals surface area contributed by atoms with Gasteiger partial charge in [0.05, 0.1) is 6.61 Å². The molecular formula is C19H22BNO5. The van der Waals surface area contributed by atoms with Crippen LogP contribution in [0, 0.1) is 0 Å². The molecule has 1 aliphatic rings. The van der Waals surface area contributed by atoms with Crippen molar-refractivity contribution in [3.05, 3.63) is 53.6 Å². The molecule has 1 aliphatic heterocycles. The van der Waals surface area contributed by atoms with Crippen molar-refractivity contribution in [1.29, 1.82) is 0 Å². The Bertz CT molecular complexity index is 786. The van der Waals surface area contributed by atoms with Crippen molar-refractivity contribution < 1.29 is 23.9 Å². The number of ether oxygens (including phenoxy) is 2. The summed E-state index contributed by atoms with van der Waals surface area (Å²) in [6.45, 7) is 6.23. The van der Waals surface area contributed by atoms with E-state index in [2.05, 4.69) is 5.32 Å². The molecule has 0 aliphatic carbocycles. The van der Waals surface area contributed by atoms with Gasteiger partial charge in [-0.2, -0.15) is 0 Å². The van der Waals surface area contributed by atoms with Gasteiger partial charge in [0.1, 0.15) is 17.1 Å². The fourth-order valence-corrected chi connectivity index (χ4v) is 2.57. The molecule has 2 aromatic carbocycles. The van der Waals surface area contributed by atoms with Gasteiger partial charge in [-0.1, -0.05) is 18.2 Å². The SMILES string of the molecule is CC(C)(C)OC(=O)NCc1ccc(Oc2ccc3c(c2)COB3O)cc1. The number of benzene rings is 2. The maximum atomic E-state index is 11.7. The molecule has 2 N–H and O–H groups in total. The van der Waals surface area contributed by atoms with Crippen molar-refractivity contribution in [2.75, 3.05) is 0 Å². The van der Waals surface area contributed by atoms with Gasteiger partial charge >= 0.3 is 13.2 Å². The second-order valence-corrected chi connectivity index (χ2v) is 7.13. The average molecular weight is 355 g/mol. The Kier molecular flexibility index (Phi) is 5.20. The van der Waals surface area contributed by atoms with Gasteiger partial charge in [-0.15, -0.1) is 0 Å². The minimum absolute atomic E-state index is 0.378. The van der Waals surface area contributed by atoms with Gasteiger partial charge in [0.15, 0.2) is 0 Å². The number of carbonyl (C=O) groups excluding carboxylic acids is 1. The summed E-state index contributed by atoms with van der Waals surface area (Å²) < 4.78 is 16.2. The Morgan fingerprint density at radius 2 is 1.88 bits per heavy atom. The van der Waals surface area contributed by atoms with Crippen molar-refractivity contribution in [3.63, 3.8) is 0 Å². The normalized spacial score (nSPS) is 13.3. The number of rotatable bonds is 4. The lowest BCUT2D eigenvalue weighted by molar-refractivity contribution is 0.0523. The number of nitrogens with one attached hydrogen (secondary N) is 1. The van der Waals surface area contributed by atoms with Gasteiger partial charge in [0.2, 0.25) is 0 Å². The van der Waals surface area contributed by atoms with E-state index in [1.165, 1.54) is 0 Å². The largest absolute Gasteiger partial charge is 0.491 e. The molecule has 7 heteroatoms. The molecule has 0 saturated carbocycles. The predicted molar refractivity (Wildman–Crippen MR) is 98.4 cm³/mol. The van der Waals surface area contributed by atoms with Crippen LogP contribution >= 0.6 is 0 Å². The van der Waals surface area contributed by atoms with Gasteiger partial charge in [-0.25, -0.2) is 4.79 Å². The zero-order valence-corrected chi connectivity index (χ0v) is 15.1. The van der Waals surface area contributed by atoms with Crippen molar-refractivity contribution in [2.24, 2.45) is 0 Å². The van der Waals surface area contributed by atoms with Gasteiger partial charge in [0.25, 0.3) is 0 Å². The molecule has 0 bridgehead atoms. The number of hydrogen-bond acceptors (Lipinski definition) is 5. The van der Waals surface area contributed by atoms with Crippen LogP contribution < -0.4 is 15.5 Å². The minimum Gasteiger partial charge on any atom is -0.457 e. The molecule has 2 aromatic rings. The topological polar surface area (TPSA) is 77.0 Å². The summed E-state index contributed by atoms with van der Waals surface area (Å²) in [5, 5.41) is 12.4. The van der Waals surface area contributed by atoms with Gasteiger partial charge in [-0.05, 0) is 61.6 Å². The van der Waals surface area contributed by atoms with E-state index in [0.29, 0.717) is 24.7 Å². The van der Waals surface area contributed by atoms with Crippen LogP contribution in [-0.4, -0.2) is 23.8 Å². The highest BCUT2D eigenvalue weighted by atomic mass is 16.6. The second kappa shape index (κ2) is 7.39. The molecule has 1 heterocycles. The summed E-state index contributed by atoms with van der Waals surface area (Å²) in [5.74, 6) is 1.37. The zero-order valence-electron chi connectivity index (χ0n) is 15.1. The highest BCUT2D eigenvalue weighted by Gasteiger charge is 2.27. The van der Waals surface area contributed by atoms with Crippen LogP contribution in [0.25, 0.3) is 0 Å². The molecule has 6 nitrogen and oxygen atoms in total. The van der Waals surface area contributed by atoms with E-state index in [-0.39, 0.29) is 0 Å². The summed E-state index contributed by atoms with van der Waals surface area (Å²) in [7, 11) is -0.851. The Morgan fingerprint density at radius 3 is 2.58 bits per heavy atom. The van der Waals surface area contributed by atoms with Crippen LogP contribution in [0.15, 0.2) is 42.5 Å². The third kappa shape index (κ3) is 4.77. The van der Waals surface area contributed by atoms with E-state index >= 15 is 0 Å². The molecule has 0 aromatic heterocycles. The van der Waals surface area contributed by atoms with Crippen molar-refractivity contribution in [1.82, 2.24) is 5.32 Å². The summed E-state index contributed by atoms with van der Waals surface area (Å²) >= 11 is 0. The number of hydrogen-bond donors (Lipinski definition) is 2. The van der Waals surface area contributed by atoms with Crippen molar-refractivity contribution >= 4 is 18.7 Å². The molecular weight excluding hydrogens is 333 g/mol. The van der Waals surface area contributed by atoms with Crippen LogP contribution in [0.1, 0.15) is 31.9 Å².